The lowest BCUT2D eigenvalue weighted by atomic mass is 10.0. The maximum Gasteiger partial charge on any atom is 0.391 e. The Bertz CT molecular complexity index is 685. The predicted octanol–water partition coefficient (Wildman–Crippen LogP) is 4.37. The van der Waals surface area contributed by atoms with Crippen LogP contribution in [0.2, 0.25) is 5.02 Å². The van der Waals surface area contributed by atoms with Gasteiger partial charge in [-0.1, -0.05) is 18.5 Å². The van der Waals surface area contributed by atoms with Gasteiger partial charge in [-0.2, -0.15) is 18.3 Å². The smallest absolute Gasteiger partial charge is 0.391 e. The minimum absolute atomic E-state index is 0.207. The molecule has 2 rings (SSSR count). The maximum absolute atomic E-state index is 12.7. The predicted molar refractivity (Wildman–Crippen MR) is 81.6 cm³/mol. The second kappa shape index (κ2) is 6.78. The minimum atomic E-state index is -4.25. The largest absolute Gasteiger partial charge is 0.496 e. The summed E-state index contributed by atoms with van der Waals surface area (Å²) in [6.07, 6.45) is -1.47. The Balaban J connectivity index is 2.39. The summed E-state index contributed by atoms with van der Waals surface area (Å²) < 4.78 is 45.0. The van der Waals surface area contributed by atoms with Gasteiger partial charge < -0.3 is 4.74 Å². The molecular weight excluding hydrogens is 331 g/mol. The Morgan fingerprint density at radius 3 is 2.61 bits per heavy atom. The molecule has 0 saturated carbocycles. The van der Waals surface area contributed by atoms with Gasteiger partial charge in [0.05, 0.1) is 35.5 Å². The Hall–Kier alpha value is -1.76. The quantitative estimate of drug-likeness (QED) is 0.806. The van der Waals surface area contributed by atoms with Crippen molar-refractivity contribution in [3.63, 3.8) is 0 Å². The maximum atomic E-state index is 12.7. The normalized spacial score (nSPS) is 13.2. The van der Waals surface area contributed by atoms with Crippen molar-refractivity contribution in [2.45, 2.75) is 33.0 Å². The molecule has 0 spiro atoms. The van der Waals surface area contributed by atoms with Crippen LogP contribution in [-0.4, -0.2) is 28.1 Å². The highest BCUT2D eigenvalue weighted by Gasteiger charge is 2.36. The SMILES string of the molecule is CCn1ncc(Cl)c1-c1cnc(CC(C)C(F)(F)F)cc1OC. The number of pyridine rings is 1. The average molecular weight is 348 g/mol. The van der Waals surface area contributed by atoms with Gasteiger partial charge in [0.25, 0.3) is 0 Å². The van der Waals surface area contributed by atoms with E-state index in [1.54, 1.807) is 4.68 Å². The number of halogens is 4. The van der Waals surface area contributed by atoms with Crippen LogP contribution in [0.25, 0.3) is 11.3 Å². The zero-order valence-electron chi connectivity index (χ0n) is 13.0. The van der Waals surface area contributed by atoms with Gasteiger partial charge in [-0.25, -0.2) is 0 Å². The molecule has 2 aromatic rings. The standard InChI is InChI=1S/C15H17ClF3N3O/c1-4-22-14(12(16)8-21-22)11-7-20-10(6-13(11)23-3)5-9(2)15(17,18)19/h6-9H,4-5H2,1-3H3. The molecule has 23 heavy (non-hydrogen) atoms. The molecule has 126 valence electrons. The Labute approximate surface area is 137 Å². The first-order valence-electron chi connectivity index (χ1n) is 7.09. The summed E-state index contributed by atoms with van der Waals surface area (Å²) in [5, 5.41) is 4.58. The second-order valence-electron chi connectivity index (χ2n) is 5.18. The van der Waals surface area contributed by atoms with Gasteiger partial charge in [0, 0.05) is 30.9 Å². The van der Waals surface area contributed by atoms with E-state index >= 15 is 0 Å². The van der Waals surface area contributed by atoms with Gasteiger partial charge in [-0.3, -0.25) is 9.67 Å². The van der Waals surface area contributed by atoms with Gasteiger partial charge in [0.15, 0.2) is 0 Å². The number of rotatable bonds is 5. The number of nitrogens with zero attached hydrogens (tertiary/aromatic N) is 3. The van der Waals surface area contributed by atoms with Gasteiger partial charge in [-0.05, 0) is 6.92 Å². The molecule has 2 aromatic heterocycles. The molecule has 0 N–H and O–H groups in total. The number of hydrogen-bond donors (Lipinski definition) is 0. The van der Waals surface area contributed by atoms with E-state index in [0.29, 0.717) is 34.3 Å². The zero-order chi connectivity index (χ0) is 17.2. The molecule has 1 atom stereocenters. The first kappa shape index (κ1) is 17.6. The molecule has 0 aliphatic carbocycles. The summed E-state index contributed by atoms with van der Waals surface area (Å²) in [5.41, 5.74) is 1.54. The topological polar surface area (TPSA) is 39.9 Å². The second-order valence-corrected chi connectivity index (χ2v) is 5.59. The van der Waals surface area contributed by atoms with Crippen LogP contribution in [0.5, 0.6) is 5.75 Å². The fourth-order valence-electron chi connectivity index (χ4n) is 2.24. The van der Waals surface area contributed by atoms with Crippen LogP contribution < -0.4 is 4.74 Å². The van der Waals surface area contributed by atoms with E-state index < -0.39 is 12.1 Å². The van der Waals surface area contributed by atoms with Gasteiger partial charge >= 0.3 is 6.18 Å². The molecule has 4 nitrogen and oxygen atoms in total. The summed E-state index contributed by atoms with van der Waals surface area (Å²) in [6, 6.07) is 1.51. The minimum Gasteiger partial charge on any atom is -0.496 e. The molecule has 1 unspecified atom stereocenters. The average Bonchev–Trinajstić information content (AvgIpc) is 2.87. The molecule has 0 amide bonds. The number of hydrogen-bond acceptors (Lipinski definition) is 3. The number of aromatic nitrogens is 3. The van der Waals surface area contributed by atoms with Gasteiger partial charge in [0.1, 0.15) is 5.75 Å². The van der Waals surface area contributed by atoms with Crippen molar-refractivity contribution in [1.29, 1.82) is 0 Å². The lowest BCUT2D eigenvalue weighted by molar-refractivity contribution is -0.169. The highest BCUT2D eigenvalue weighted by atomic mass is 35.5. The number of alkyl halides is 3. The lowest BCUT2D eigenvalue weighted by Gasteiger charge is -2.16. The van der Waals surface area contributed by atoms with Gasteiger partial charge in [0.2, 0.25) is 0 Å². The van der Waals surface area contributed by atoms with Crippen molar-refractivity contribution in [3.8, 4) is 17.0 Å². The molecule has 0 radical (unpaired) electrons. The molecule has 0 fully saturated rings. The summed E-state index contributed by atoms with van der Waals surface area (Å²) >= 11 is 6.16. The molecule has 0 aliphatic heterocycles. The molecule has 0 saturated heterocycles. The molecule has 8 heteroatoms. The van der Waals surface area contributed by atoms with E-state index in [0.717, 1.165) is 6.92 Å². The Morgan fingerprint density at radius 1 is 1.35 bits per heavy atom. The molecule has 0 aromatic carbocycles. The van der Waals surface area contributed by atoms with Crippen molar-refractivity contribution >= 4 is 11.6 Å². The third kappa shape index (κ3) is 3.77. The number of methoxy groups -OCH3 is 1. The van der Waals surface area contributed by atoms with Crippen LogP contribution in [0.15, 0.2) is 18.5 Å². The van der Waals surface area contributed by atoms with Crippen LogP contribution in [-0.2, 0) is 13.0 Å². The van der Waals surface area contributed by atoms with Crippen molar-refractivity contribution in [2.75, 3.05) is 7.11 Å². The molecular formula is C15H17ClF3N3O. The van der Waals surface area contributed by atoms with E-state index in [2.05, 4.69) is 10.1 Å². The third-order valence-electron chi connectivity index (χ3n) is 3.57. The van der Waals surface area contributed by atoms with Crippen LogP contribution in [0.4, 0.5) is 13.2 Å². The first-order valence-corrected chi connectivity index (χ1v) is 7.47. The van der Waals surface area contributed by atoms with E-state index in [1.807, 2.05) is 6.92 Å². The number of aryl methyl sites for hydroxylation is 1. The molecule has 0 aliphatic rings. The Morgan fingerprint density at radius 2 is 2.04 bits per heavy atom. The summed E-state index contributed by atoms with van der Waals surface area (Å²) in [4.78, 5) is 4.13. The third-order valence-corrected chi connectivity index (χ3v) is 3.84. The van der Waals surface area contributed by atoms with Crippen LogP contribution in [0.3, 0.4) is 0 Å². The molecule has 0 bridgehead atoms. The highest BCUT2D eigenvalue weighted by Crippen LogP contribution is 2.36. The van der Waals surface area contributed by atoms with E-state index in [9.17, 15) is 13.2 Å². The monoisotopic (exact) mass is 347 g/mol. The van der Waals surface area contributed by atoms with Gasteiger partial charge in [-0.15, -0.1) is 0 Å². The fourth-order valence-corrected chi connectivity index (χ4v) is 2.48. The van der Waals surface area contributed by atoms with E-state index in [4.69, 9.17) is 16.3 Å². The summed E-state index contributed by atoms with van der Waals surface area (Å²) in [5.74, 6) is -1.06. The fraction of sp³-hybridized carbons (Fsp3) is 0.467. The Kier molecular flexibility index (Phi) is 5.19. The lowest BCUT2D eigenvalue weighted by Crippen LogP contribution is -2.22. The van der Waals surface area contributed by atoms with Crippen molar-refractivity contribution in [1.82, 2.24) is 14.8 Å². The first-order chi connectivity index (χ1) is 10.8. The van der Waals surface area contributed by atoms with E-state index in [1.165, 1.54) is 25.6 Å². The summed E-state index contributed by atoms with van der Waals surface area (Å²) in [6.45, 7) is 3.63. The van der Waals surface area contributed by atoms with Crippen molar-refractivity contribution in [3.05, 3.63) is 29.2 Å². The van der Waals surface area contributed by atoms with Crippen LogP contribution in [0.1, 0.15) is 19.5 Å². The summed E-state index contributed by atoms with van der Waals surface area (Å²) in [7, 11) is 1.45. The van der Waals surface area contributed by atoms with Crippen LogP contribution in [0, 0.1) is 5.92 Å². The van der Waals surface area contributed by atoms with Crippen molar-refractivity contribution < 1.29 is 17.9 Å². The molecule has 2 heterocycles. The zero-order valence-corrected chi connectivity index (χ0v) is 13.7. The van der Waals surface area contributed by atoms with E-state index in [-0.39, 0.29) is 6.42 Å². The van der Waals surface area contributed by atoms with Crippen LogP contribution >= 0.6 is 11.6 Å². The highest BCUT2D eigenvalue weighted by molar-refractivity contribution is 6.33. The number of ether oxygens (including phenoxy) is 1. The van der Waals surface area contributed by atoms with Crippen molar-refractivity contribution in [2.24, 2.45) is 5.92 Å².